The fourth-order valence-electron chi connectivity index (χ4n) is 1.54. The van der Waals surface area contributed by atoms with Gasteiger partial charge in [0.15, 0.2) is 0 Å². The van der Waals surface area contributed by atoms with Crippen LogP contribution in [-0.2, 0) is 10.0 Å². The zero-order chi connectivity index (χ0) is 14.5. The summed E-state index contributed by atoms with van der Waals surface area (Å²) in [6.07, 6.45) is 0. The van der Waals surface area contributed by atoms with Crippen LogP contribution in [0, 0.1) is 0 Å². The Hall–Kier alpha value is -1.31. The molecule has 0 fully saturated rings. The summed E-state index contributed by atoms with van der Waals surface area (Å²) in [7, 11) is 0.492. The lowest BCUT2D eigenvalue weighted by molar-refractivity contribution is 0.425. The van der Waals surface area contributed by atoms with Crippen LogP contribution in [0.5, 0.6) is 0 Å². The molecule has 0 saturated heterocycles. The summed E-state index contributed by atoms with van der Waals surface area (Å²) in [5.41, 5.74) is 7.01. The average molecular weight is 286 g/mol. The molecule has 0 unspecified atom stereocenters. The van der Waals surface area contributed by atoms with E-state index < -0.39 is 10.0 Å². The van der Waals surface area contributed by atoms with E-state index in [0.717, 1.165) is 6.54 Å². The molecular weight excluding hydrogens is 264 g/mol. The fraction of sp³-hybridized carbons (Fsp3) is 0.500. The maximum absolute atomic E-state index is 11.9. The van der Waals surface area contributed by atoms with Crippen LogP contribution in [0.1, 0.15) is 6.92 Å². The summed E-state index contributed by atoms with van der Waals surface area (Å²) in [6.45, 7) is 3.63. The van der Waals surface area contributed by atoms with E-state index >= 15 is 0 Å². The van der Waals surface area contributed by atoms with E-state index in [-0.39, 0.29) is 4.90 Å². The van der Waals surface area contributed by atoms with Crippen molar-refractivity contribution in [3.05, 3.63) is 18.2 Å². The second kappa shape index (κ2) is 6.74. The maximum atomic E-state index is 11.9. The molecule has 4 N–H and O–H groups in total. The number of benzene rings is 1. The van der Waals surface area contributed by atoms with Gasteiger partial charge in [-0.25, -0.2) is 13.1 Å². The van der Waals surface area contributed by atoms with E-state index in [4.69, 9.17) is 5.73 Å². The molecule has 0 aliphatic rings. The van der Waals surface area contributed by atoms with Crippen molar-refractivity contribution >= 4 is 21.4 Å². The zero-order valence-electron chi connectivity index (χ0n) is 11.6. The number of nitrogens with two attached hydrogens (primary N) is 1. The van der Waals surface area contributed by atoms with Gasteiger partial charge in [0.25, 0.3) is 0 Å². The third-order valence-electron chi connectivity index (χ3n) is 2.54. The molecule has 7 heteroatoms. The number of likely N-dealkylation sites (N-methyl/N-ethyl adjacent to an activating group) is 1. The van der Waals surface area contributed by atoms with Gasteiger partial charge in [0.05, 0.1) is 16.3 Å². The number of nitrogens with one attached hydrogen (secondary N) is 2. The highest BCUT2D eigenvalue weighted by molar-refractivity contribution is 7.89. The highest BCUT2D eigenvalue weighted by atomic mass is 32.2. The molecule has 108 valence electrons. The first kappa shape index (κ1) is 15.7. The molecule has 0 aliphatic carbocycles. The van der Waals surface area contributed by atoms with Crippen LogP contribution >= 0.6 is 0 Å². The first-order valence-corrected chi connectivity index (χ1v) is 7.63. The van der Waals surface area contributed by atoms with Gasteiger partial charge in [-0.2, -0.15) is 0 Å². The molecule has 0 aromatic heterocycles. The van der Waals surface area contributed by atoms with Crippen molar-refractivity contribution < 1.29 is 8.42 Å². The topological polar surface area (TPSA) is 87.5 Å². The summed E-state index contributed by atoms with van der Waals surface area (Å²) in [5.74, 6) is 0. The van der Waals surface area contributed by atoms with E-state index in [9.17, 15) is 8.42 Å². The minimum absolute atomic E-state index is 0.218. The van der Waals surface area contributed by atoms with Crippen LogP contribution < -0.4 is 15.8 Å². The molecule has 0 bridgehead atoms. The van der Waals surface area contributed by atoms with Gasteiger partial charge < -0.3 is 16.0 Å². The normalized spacial score (nSPS) is 11.8. The minimum Gasteiger partial charge on any atom is -0.397 e. The number of rotatable bonds is 7. The lowest BCUT2D eigenvalue weighted by atomic mass is 10.2. The number of hydrogen-bond donors (Lipinski definition) is 3. The van der Waals surface area contributed by atoms with E-state index in [0.29, 0.717) is 24.5 Å². The van der Waals surface area contributed by atoms with Crippen LogP contribution in [0.25, 0.3) is 0 Å². The van der Waals surface area contributed by atoms with Crippen molar-refractivity contribution in [2.75, 3.05) is 44.8 Å². The molecule has 0 amide bonds. The van der Waals surface area contributed by atoms with E-state index in [1.54, 1.807) is 19.1 Å². The van der Waals surface area contributed by atoms with Crippen molar-refractivity contribution in [2.45, 2.75) is 11.8 Å². The highest BCUT2D eigenvalue weighted by Gasteiger charge is 2.14. The Kier molecular flexibility index (Phi) is 5.59. The smallest absolute Gasteiger partial charge is 0.240 e. The summed E-state index contributed by atoms with van der Waals surface area (Å²) in [4.78, 5) is 2.25. The van der Waals surface area contributed by atoms with Gasteiger partial charge >= 0.3 is 0 Å². The Balaban J connectivity index is 2.88. The number of hydrogen-bond acceptors (Lipinski definition) is 5. The summed E-state index contributed by atoms with van der Waals surface area (Å²) < 4.78 is 26.2. The van der Waals surface area contributed by atoms with Crippen LogP contribution in [0.15, 0.2) is 23.1 Å². The van der Waals surface area contributed by atoms with E-state index in [1.807, 2.05) is 19.0 Å². The first-order chi connectivity index (χ1) is 8.86. The third kappa shape index (κ3) is 4.70. The molecule has 6 nitrogen and oxygen atoms in total. The molecule has 1 aromatic carbocycles. The van der Waals surface area contributed by atoms with Gasteiger partial charge in [-0.3, -0.25) is 0 Å². The van der Waals surface area contributed by atoms with Crippen molar-refractivity contribution in [3.8, 4) is 0 Å². The van der Waals surface area contributed by atoms with E-state index in [2.05, 4.69) is 10.0 Å². The van der Waals surface area contributed by atoms with Crippen molar-refractivity contribution in [3.63, 3.8) is 0 Å². The van der Waals surface area contributed by atoms with Crippen LogP contribution in [0.2, 0.25) is 0 Å². The Morgan fingerprint density at radius 2 is 2.00 bits per heavy atom. The predicted octanol–water partition coefficient (Wildman–Crippen LogP) is 0.541. The molecule has 0 heterocycles. The van der Waals surface area contributed by atoms with Crippen molar-refractivity contribution in [2.24, 2.45) is 0 Å². The Morgan fingerprint density at radius 1 is 1.32 bits per heavy atom. The largest absolute Gasteiger partial charge is 0.397 e. The van der Waals surface area contributed by atoms with Gasteiger partial charge in [-0.15, -0.1) is 0 Å². The summed E-state index contributed by atoms with van der Waals surface area (Å²) in [6, 6.07) is 4.66. The Morgan fingerprint density at radius 3 is 2.58 bits per heavy atom. The number of nitrogens with zero attached hydrogens (tertiary/aromatic N) is 1. The predicted molar refractivity (Wildman–Crippen MR) is 78.8 cm³/mol. The number of sulfonamides is 1. The fourth-order valence-corrected chi connectivity index (χ4v) is 2.61. The lowest BCUT2D eigenvalue weighted by Crippen LogP contribution is -2.24. The molecule has 19 heavy (non-hydrogen) atoms. The van der Waals surface area contributed by atoms with Gasteiger partial charge in [-0.1, -0.05) is 6.92 Å². The molecule has 0 atom stereocenters. The van der Waals surface area contributed by atoms with Crippen LogP contribution in [0.4, 0.5) is 11.4 Å². The molecule has 0 radical (unpaired) electrons. The molecule has 0 aliphatic heterocycles. The highest BCUT2D eigenvalue weighted by Crippen LogP contribution is 2.22. The van der Waals surface area contributed by atoms with Gasteiger partial charge in [0.1, 0.15) is 0 Å². The first-order valence-electron chi connectivity index (χ1n) is 6.14. The van der Waals surface area contributed by atoms with Gasteiger partial charge in [0, 0.05) is 19.6 Å². The van der Waals surface area contributed by atoms with Gasteiger partial charge in [-0.05, 0) is 32.3 Å². The standard InChI is InChI=1S/C12H22N4O2S/c1-4-15-19(17,18)10-5-6-11(13)12(9-10)14-7-8-16(2)3/h5-6,9,14-15H,4,7-8,13H2,1-3H3. The second-order valence-corrected chi connectivity index (χ2v) is 6.25. The third-order valence-corrected chi connectivity index (χ3v) is 4.09. The SMILES string of the molecule is CCNS(=O)(=O)c1ccc(N)c(NCCN(C)C)c1. The van der Waals surface area contributed by atoms with Crippen LogP contribution in [0.3, 0.4) is 0 Å². The molecule has 1 rings (SSSR count). The second-order valence-electron chi connectivity index (χ2n) is 4.48. The van der Waals surface area contributed by atoms with Gasteiger partial charge in [0.2, 0.25) is 10.0 Å². The van der Waals surface area contributed by atoms with Crippen LogP contribution in [-0.4, -0.2) is 47.0 Å². The van der Waals surface area contributed by atoms with Crippen molar-refractivity contribution in [1.82, 2.24) is 9.62 Å². The molecule has 0 spiro atoms. The zero-order valence-corrected chi connectivity index (χ0v) is 12.4. The molecule has 0 saturated carbocycles. The summed E-state index contributed by atoms with van der Waals surface area (Å²) >= 11 is 0. The molecule has 1 aromatic rings. The summed E-state index contributed by atoms with van der Waals surface area (Å²) in [5, 5.41) is 3.14. The molecular formula is C12H22N4O2S. The monoisotopic (exact) mass is 286 g/mol. The number of nitrogen functional groups attached to an aromatic ring is 1. The Bertz CT molecular complexity index is 514. The maximum Gasteiger partial charge on any atom is 0.240 e. The lowest BCUT2D eigenvalue weighted by Gasteiger charge is -2.14. The van der Waals surface area contributed by atoms with E-state index in [1.165, 1.54) is 6.07 Å². The van der Waals surface area contributed by atoms with Crippen molar-refractivity contribution in [1.29, 1.82) is 0 Å². The Labute approximate surface area is 115 Å². The minimum atomic E-state index is -3.45. The quantitative estimate of drug-likeness (QED) is 0.637. The number of anilines is 2. The average Bonchev–Trinajstić information content (AvgIpc) is 2.30.